The zero-order chi connectivity index (χ0) is 16.9. The van der Waals surface area contributed by atoms with Crippen LogP contribution < -0.4 is 0 Å². The second kappa shape index (κ2) is 7.68. The molecule has 3 heteroatoms. The number of hydrogen-bond donors (Lipinski definition) is 0. The lowest BCUT2D eigenvalue weighted by Gasteiger charge is -2.02. The van der Waals surface area contributed by atoms with Crippen LogP contribution in [-0.2, 0) is 5.75 Å². The van der Waals surface area contributed by atoms with Crippen molar-refractivity contribution in [2.75, 3.05) is 0 Å². The van der Waals surface area contributed by atoms with Crippen LogP contribution in [0.2, 0.25) is 0 Å². The van der Waals surface area contributed by atoms with Crippen LogP contribution >= 0.6 is 23.1 Å². The van der Waals surface area contributed by atoms with Gasteiger partial charge in [-0.3, -0.25) is 0 Å². The molecule has 0 bridgehead atoms. The van der Waals surface area contributed by atoms with Crippen molar-refractivity contribution in [3.05, 3.63) is 96.0 Å². The van der Waals surface area contributed by atoms with Crippen molar-refractivity contribution in [1.82, 2.24) is 4.98 Å². The van der Waals surface area contributed by atoms with E-state index in [1.807, 2.05) is 17.8 Å². The lowest BCUT2D eigenvalue weighted by atomic mass is 10.1. The van der Waals surface area contributed by atoms with E-state index in [0.29, 0.717) is 0 Å². The third-order valence-corrected chi connectivity index (χ3v) is 6.17. The Bertz CT molecular complexity index is 875. The Morgan fingerprint density at radius 1 is 0.680 bits per heavy atom. The highest BCUT2D eigenvalue weighted by Crippen LogP contribution is 2.38. The standard InChI is InChI=1S/C22H17NS2/c1-4-10-17(11-5-1)21-22(18-12-6-2-7-13-18)25-20(23-21)16-24-19-14-8-3-9-15-19/h1-15H,16H2. The van der Waals surface area contributed by atoms with E-state index in [2.05, 4.69) is 84.9 Å². The molecule has 0 saturated heterocycles. The highest BCUT2D eigenvalue weighted by atomic mass is 32.2. The van der Waals surface area contributed by atoms with Crippen LogP contribution in [0.25, 0.3) is 21.7 Å². The largest absolute Gasteiger partial charge is 0.240 e. The molecule has 0 fully saturated rings. The van der Waals surface area contributed by atoms with Crippen molar-refractivity contribution in [2.24, 2.45) is 0 Å². The van der Waals surface area contributed by atoms with Crippen LogP contribution in [0.5, 0.6) is 0 Å². The minimum Gasteiger partial charge on any atom is -0.240 e. The number of aromatic nitrogens is 1. The molecule has 0 saturated carbocycles. The molecule has 25 heavy (non-hydrogen) atoms. The van der Waals surface area contributed by atoms with Gasteiger partial charge in [0.2, 0.25) is 0 Å². The van der Waals surface area contributed by atoms with Crippen LogP contribution in [0.1, 0.15) is 5.01 Å². The van der Waals surface area contributed by atoms with Crippen LogP contribution in [0.3, 0.4) is 0 Å². The number of hydrogen-bond acceptors (Lipinski definition) is 3. The third kappa shape index (κ3) is 3.84. The van der Waals surface area contributed by atoms with E-state index in [1.165, 1.54) is 20.9 Å². The van der Waals surface area contributed by atoms with Crippen LogP contribution in [0.15, 0.2) is 95.9 Å². The van der Waals surface area contributed by atoms with Gasteiger partial charge in [0, 0.05) is 10.5 Å². The monoisotopic (exact) mass is 359 g/mol. The smallest absolute Gasteiger partial charge is 0.104 e. The fourth-order valence-electron chi connectivity index (χ4n) is 2.66. The lowest BCUT2D eigenvalue weighted by molar-refractivity contribution is 1.26. The van der Waals surface area contributed by atoms with Gasteiger partial charge < -0.3 is 0 Å². The average molecular weight is 360 g/mol. The van der Waals surface area contributed by atoms with E-state index in [4.69, 9.17) is 4.98 Å². The van der Waals surface area contributed by atoms with Gasteiger partial charge in [0.05, 0.1) is 16.3 Å². The van der Waals surface area contributed by atoms with E-state index in [-0.39, 0.29) is 0 Å². The number of thioether (sulfide) groups is 1. The Hall–Kier alpha value is -2.36. The third-order valence-electron chi connectivity index (χ3n) is 3.86. The molecule has 0 aliphatic rings. The molecule has 122 valence electrons. The summed E-state index contributed by atoms with van der Waals surface area (Å²) in [5, 5.41) is 1.16. The Kier molecular flexibility index (Phi) is 4.96. The maximum absolute atomic E-state index is 4.97. The summed E-state index contributed by atoms with van der Waals surface area (Å²) in [7, 11) is 0. The molecule has 4 aromatic rings. The van der Waals surface area contributed by atoms with Gasteiger partial charge in [-0.2, -0.15) is 0 Å². The topological polar surface area (TPSA) is 12.9 Å². The van der Waals surface area contributed by atoms with Gasteiger partial charge in [-0.15, -0.1) is 23.1 Å². The average Bonchev–Trinajstić information content (AvgIpc) is 3.13. The van der Waals surface area contributed by atoms with Crippen molar-refractivity contribution in [3.63, 3.8) is 0 Å². The summed E-state index contributed by atoms with van der Waals surface area (Å²) in [6, 6.07) is 31.5. The van der Waals surface area contributed by atoms with Crippen molar-refractivity contribution in [2.45, 2.75) is 10.6 Å². The van der Waals surface area contributed by atoms with Gasteiger partial charge in [0.25, 0.3) is 0 Å². The lowest BCUT2D eigenvalue weighted by Crippen LogP contribution is -1.83. The molecule has 0 N–H and O–H groups in total. The number of thiazole rings is 1. The Morgan fingerprint density at radius 2 is 1.24 bits per heavy atom. The highest BCUT2D eigenvalue weighted by molar-refractivity contribution is 7.98. The van der Waals surface area contributed by atoms with Crippen molar-refractivity contribution in [1.29, 1.82) is 0 Å². The minimum atomic E-state index is 0.890. The summed E-state index contributed by atoms with van der Waals surface area (Å²) in [4.78, 5) is 7.49. The fraction of sp³-hybridized carbons (Fsp3) is 0.0455. The summed E-state index contributed by atoms with van der Waals surface area (Å²) in [6.07, 6.45) is 0. The second-order valence-electron chi connectivity index (χ2n) is 5.62. The number of benzene rings is 3. The molecule has 3 aromatic carbocycles. The van der Waals surface area contributed by atoms with Crippen molar-refractivity contribution < 1.29 is 0 Å². The first-order valence-electron chi connectivity index (χ1n) is 8.18. The molecule has 1 heterocycles. The first-order chi connectivity index (χ1) is 12.4. The molecule has 0 amide bonds. The molecular weight excluding hydrogens is 342 g/mol. The molecule has 1 aromatic heterocycles. The Labute approximate surface area is 156 Å². The molecule has 0 spiro atoms. The molecule has 0 aliphatic carbocycles. The van der Waals surface area contributed by atoms with Gasteiger partial charge >= 0.3 is 0 Å². The van der Waals surface area contributed by atoms with E-state index < -0.39 is 0 Å². The van der Waals surface area contributed by atoms with Gasteiger partial charge in [0.15, 0.2) is 0 Å². The molecule has 1 nitrogen and oxygen atoms in total. The first kappa shape index (κ1) is 16.1. The van der Waals surface area contributed by atoms with Gasteiger partial charge in [-0.05, 0) is 17.7 Å². The number of rotatable bonds is 5. The van der Waals surface area contributed by atoms with Gasteiger partial charge in [-0.25, -0.2) is 4.98 Å². The van der Waals surface area contributed by atoms with E-state index >= 15 is 0 Å². The van der Waals surface area contributed by atoms with Crippen LogP contribution in [-0.4, -0.2) is 4.98 Å². The maximum atomic E-state index is 4.97. The molecule has 0 radical (unpaired) electrons. The second-order valence-corrected chi connectivity index (χ2v) is 7.75. The molecule has 4 rings (SSSR count). The summed E-state index contributed by atoms with van der Waals surface area (Å²) < 4.78 is 0. The SMILES string of the molecule is c1ccc(SCc2nc(-c3ccccc3)c(-c3ccccc3)s2)cc1. The van der Waals surface area contributed by atoms with Gasteiger partial charge in [0.1, 0.15) is 5.01 Å². The normalized spacial score (nSPS) is 10.7. The molecule has 0 unspecified atom stereocenters. The predicted octanol–water partition coefficient (Wildman–Crippen LogP) is 6.77. The zero-order valence-electron chi connectivity index (χ0n) is 13.6. The van der Waals surface area contributed by atoms with E-state index in [1.54, 1.807) is 11.3 Å². The summed E-state index contributed by atoms with van der Waals surface area (Å²) in [5.41, 5.74) is 3.49. The van der Waals surface area contributed by atoms with Gasteiger partial charge in [-0.1, -0.05) is 78.9 Å². The Morgan fingerprint density at radius 3 is 1.88 bits per heavy atom. The van der Waals surface area contributed by atoms with E-state index in [9.17, 15) is 0 Å². The van der Waals surface area contributed by atoms with Crippen LogP contribution in [0.4, 0.5) is 0 Å². The molecule has 0 atom stereocenters. The quantitative estimate of drug-likeness (QED) is 0.365. The highest BCUT2D eigenvalue weighted by Gasteiger charge is 2.14. The minimum absolute atomic E-state index is 0.890. The van der Waals surface area contributed by atoms with Crippen molar-refractivity contribution >= 4 is 23.1 Å². The van der Waals surface area contributed by atoms with E-state index in [0.717, 1.165) is 16.5 Å². The molecule has 0 aliphatic heterocycles. The fourth-order valence-corrected chi connectivity index (χ4v) is 4.67. The van der Waals surface area contributed by atoms with Crippen molar-refractivity contribution in [3.8, 4) is 21.7 Å². The predicted molar refractivity (Wildman–Crippen MR) is 109 cm³/mol. The molecular formula is C22H17NS2. The number of nitrogens with zero attached hydrogens (tertiary/aromatic N) is 1. The summed E-state index contributed by atoms with van der Waals surface area (Å²) >= 11 is 3.63. The Balaban J connectivity index is 1.68. The maximum Gasteiger partial charge on any atom is 0.104 e. The summed E-state index contributed by atoms with van der Waals surface area (Å²) in [6.45, 7) is 0. The first-order valence-corrected chi connectivity index (χ1v) is 9.99. The zero-order valence-corrected chi connectivity index (χ0v) is 15.3. The summed E-state index contributed by atoms with van der Waals surface area (Å²) in [5.74, 6) is 0.890. The van der Waals surface area contributed by atoms with Crippen LogP contribution in [0, 0.1) is 0 Å².